The van der Waals surface area contributed by atoms with Gasteiger partial charge in [0.05, 0.1) is 12.3 Å². The summed E-state index contributed by atoms with van der Waals surface area (Å²) in [6.07, 6.45) is 0. The zero-order valence-electron chi connectivity index (χ0n) is 11.3. The SMILES string of the molecule is CCN(c1ccc(CN)cc1)S(=O)(=O)NCCOC. The number of nitrogens with zero attached hydrogens (tertiary/aromatic N) is 1. The minimum absolute atomic E-state index is 0.246. The number of nitrogens with two attached hydrogens (primary N) is 1. The van der Waals surface area contributed by atoms with E-state index >= 15 is 0 Å². The molecule has 0 aromatic heterocycles. The summed E-state index contributed by atoms with van der Waals surface area (Å²) in [5, 5.41) is 0. The number of ether oxygens (including phenoxy) is 1. The Balaban J connectivity index is 2.85. The molecule has 108 valence electrons. The quantitative estimate of drug-likeness (QED) is 0.680. The molecule has 1 rings (SSSR count). The summed E-state index contributed by atoms with van der Waals surface area (Å²) < 4.78 is 32.9. The van der Waals surface area contributed by atoms with Gasteiger partial charge in [-0.25, -0.2) is 0 Å². The molecular formula is C12H21N3O3S. The summed E-state index contributed by atoms with van der Waals surface area (Å²) in [6, 6.07) is 7.15. The van der Waals surface area contributed by atoms with Crippen LogP contribution in [-0.2, 0) is 21.5 Å². The maximum Gasteiger partial charge on any atom is 0.301 e. The summed E-state index contributed by atoms with van der Waals surface area (Å²) in [7, 11) is -2.02. The summed E-state index contributed by atoms with van der Waals surface area (Å²) in [5.74, 6) is 0. The van der Waals surface area contributed by atoms with E-state index in [0.717, 1.165) is 5.56 Å². The molecule has 0 saturated carbocycles. The van der Waals surface area contributed by atoms with Crippen molar-refractivity contribution in [3.05, 3.63) is 29.8 Å². The number of rotatable bonds is 8. The second-order valence-corrected chi connectivity index (χ2v) is 5.61. The highest BCUT2D eigenvalue weighted by Gasteiger charge is 2.19. The van der Waals surface area contributed by atoms with Gasteiger partial charge in [0.2, 0.25) is 0 Å². The van der Waals surface area contributed by atoms with Crippen LogP contribution in [0.15, 0.2) is 24.3 Å². The average molecular weight is 287 g/mol. The van der Waals surface area contributed by atoms with Gasteiger partial charge in [0.1, 0.15) is 0 Å². The molecule has 0 atom stereocenters. The summed E-state index contributed by atoms with van der Waals surface area (Å²) >= 11 is 0. The van der Waals surface area contributed by atoms with Gasteiger partial charge in [0.25, 0.3) is 0 Å². The van der Waals surface area contributed by atoms with Crippen LogP contribution in [0.1, 0.15) is 12.5 Å². The van der Waals surface area contributed by atoms with Gasteiger partial charge in [-0.2, -0.15) is 13.1 Å². The van der Waals surface area contributed by atoms with E-state index in [0.29, 0.717) is 25.4 Å². The second kappa shape index (κ2) is 7.44. The molecule has 0 aliphatic rings. The van der Waals surface area contributed by atoms with Gasteiger partial charge in [-0.1, -0.05) is 12.1 Å². The van der Waals surface area contributed by atoms with Crippen LogP contribution in [-0.4, -0.2) is 35.2 Å². The largest absolute Gasteiger partial charge is 0.383 e. The van der Waals surface area contributed by atoms with Crippen molar-refractivity contribution >= 4 is 15.9 Å². The Bertz CT molecular complexity index is 473. The molecule has 0 fully saturated rings. The molecule has 6 nitrogen and oxygen atoms in total. The molecule has 19 heavy (non-hydrogen) atoms. The molecule has 0 aliphatic carbocycles. The first-order valence-electron chi connectivity index (χ1n) is 6.10. The molecular weight excluding hydrogens is 266 g/mol. The smallest absolute Gasteiger partial charge is 0.301 e. The molecule has 3 N–H and O–H groups in total. The minimum atomic E-state index is -3.55. The van der Waals surface area contributed by atoms with Crippen molar-refractivity contribution in [3.63, 3.8) is 0 Å². The molecule has 7 heteroatoms. The first-order valence-corrected chi connectivity index (χ1v) is 7.54. The van der Waals surface area contributed by atoms with E-state index in [9.17, 15) is 8.42 Å². The highest BCUT2D eigenvalue weighted by molar-refractivity contribution is 7.90. The summed E-state index contributed by atoms with van der Waals surface area (Å²) in [5.41, 5.74) is 7.10. The highest BCUT2D eigenvalue weighted by Crippen LogP contribution is 2.17. The van der Waals surface area contributed by atoms with Gasteiger partial charge in [-0.3, -0.25) is 4.31 Å². The molecule has 1 aromatic rings. The molecule has 0 bridgehead atoms. The third kappa shape index (κ3) is 4.46. The van der Waals surface area contributed by atoms with E-state index in [2.05, 4.69) is 4.72 Å². The molecule has 0 heterocycles. The lowest BCUT2D eigenvalue weighted by atomic mass is 10.2. The van der Waals surface area contributed by atoms with E-state index in [-0.39, 0.29) is 6.54 Å². The fourth-order valence-electron chi connectivity index (χ4n) is 1.64. The van der Waals surface area contributed by atoms with Crippen molar-refractivity contribution in [2.45, 2.75) is 13.5 Å². The molecule has 0 unspecified atom stereocenters. The Kier molecular flexibility index (Phi) is 6.23. The van der Waals surface area contributed by atoms with Gasteiger partial charge < -0.3 is 10.5 Å². The summed E-state index contributed by atoms with van der Waals surface area (Å²) in [6.45, 7) is 3.15. The van der Waals surface area contributed by atoms with Crippen LogP contribution in [0, 0.1) is 0 Å². The van der Waals surface area contributed by atoms with E-state index in [4.69, 9.17) is 10.5 Å². The van der Waals surface area contributed by atoms with Crippen LogP contribution in [0.3, 0.4) is 0 Å². The molecule has 0 saturated heterocycles. The Morgan fingerprint density at radius 3 is 2.42 bits per heavy atom. The van der Waals surface area contributed by atoms with Crippen molar-refractivity contribution in [3.8, 4) is 0 Å². The van der Waals surface area contributed by atoms with Crippen LogP contribution >= 0.6 is 0 Å². The number of nitrogens with one attached hydrogen (secondary N) is 1. The van der Waals surface area contributed by atoms with Crippen LogP contribution < -0.4 is 14.8 Å². The topological polar surface area (TPSA) is 84.7 Å². The normalized spacial score (nSPS) is 11.5. The van der Waals surface area contributed by atoms with Gasteiger partial charge >= 0.3 is 10.2 Å². The maximum atomic E-state index is 12.1. The lowest BCUT2D eigenvalue weighted by Crippen LogP contribution is -2.42. The van der Waals surface area contributed by atoms with E-state index in [1.165, 1.54) is 11.4 Å². The summed E-state index contributed by atoms with van der Waals surface area (Å²) in [4.78, 5) is 0. The number of methoxy groups -OCH3 is 1. The first-order chi connectivity index (χ1) is 9.05. The predicted octanol–water partition coefficient (Wildman–Crippen LogP) is 0.452. The predicted molar refractivity (Wildman–Crippen MR) is 76.2 cm³/mol. The van der Waals surface area contributed by atoms with Crippen LogP contribution in [0.2, 0.25) is 0 Å². The molecule has 0 spiro atoms. The Morgan fingerprint density at radius 1 is 1.32 bits per heavy atom. The van der Waals surface area contributed by atoms with E-state index < -0.39 is 10.2 Å². The number of anilines is 1. The zero-order chi connectivity index (χ0) is 14.3. The van der Waals surface area contributed by atoms with Gasteiger partial charge in [0.15, 0.2) is 0 Å². The highest BCUT2D eigenvalue weighted by atomic mass is 32.2. The monoisotopic (exact) mass is 287 g/mol. The van der Waals surface area contributed by atoms with Gasteiger partial charge in [-0.15, -0.1) is 0 Å². The second-order valence-electron chi connectivity index (χ2n) is 3.93. The molecule has 0 radical (unpaired) electrons. The Hall–Kier alpha value is -1.15. The van der Waals surface area contributed by atoms with Crippen molar-refractivity contribution in [1.29, 1.82) is 0 Å². The van der Waals surface area contributed by atoms with Crippen molar-refractivity contribution in [2.24, 2.45) is 5.73 Å². The standard InChI is InChI=1S/C12H21N3O3S/c1-3-15(19(16,17)14-8-9-18-2)12-6-4-11(10-13)5-7-12/h4-7,14H,3,8-10,13H2,1-2H3. The lowest BCUT2D eigenvalue weighted by Gasteiger charge is -2.23. The molecule has 1 aromatic carbocycles. The third-order valence-corrected chi connectivity index (χ3v) is 4.25. The molecule has 0 aliphatic heterocycles. The van der Waals surface area contributed by atoms with Crippen molar-refractivity contribution in [2.75, 3.05) is 31.1 Å². The first kappa shape index (κ1) is 15.9. The fraction of sp³-hybridized carbons (Fsp3) is 0.500. The Labute approximate surface area is 114 Å². The van der Waals surface area contributed by atoms with Crippen LogP contribution in [0.5, 0.6) is 0 Å². The van der Waals surface area contributed by atoms with E-state index in [1.807, 2.05) is 12.1 Å². The van der Waals surface area contributed by atoms with Crippen molar-refractivity contribution < 1.29 is 13.2 Å². The minimum Gasteiger partial charge on any atom is -0.383 e. The molecule has 0 amide bonds. The maximum absolute atomic E-state index is 12.1. The zero-order valence-corrected chi connectivity index (χ0v) is 12.1. The fourth-order valence-corrected chi connectivity index (χ4v) is 2.88. The number of hydrogen-bond donors (Lipinski definition) is 2. The third-order valence-electron chi connectivity index (χ3n) is 2.63. The Morgan fingerprint density at radius 2 is 1.95 bits per heavy atom. The van der Waals surface area contributed by atoms with Crippen LogP contribution in [0.25, 0.3) is 0 Å². The van der Waals surface area contributed by atoms with Gasteiger partial charge in [0, 0.05) is 26.7 Å². The van der Waals surface area contributed by atoms with Crippen LogP contribution in [0.4, 0.5) is 5.69 Å². The number of benzene rings is 1. The average Bonchev–Trinajstić information content (AvgIpc) is 2.40. The lowest BCUT2D eigenvalue weighted by molar-refractivity contribution is 0.204. The van der Waals surface area contributed by atoms with Gasteiger partial charge in [-0.05, 0) is 24.6 Å². The van der Waals surface area contributed by atoms with E-state index in [1.54, 1.807) is 19.1 Å². The number of hydrogen-bond acceptors (Lipinski definition) is 4. The van der Waals surface area contributed by atoms with Crippen molar-refractivity contribution in [1.82, 2.24) is 4.72 Å².